The number of nitrogen functional groups attached to an aromatic ring is 1. The number of hydrogen-bond donors (Lipinski definition) is 2. The lowest BCUT2D eigenvalue weighted by Gasteiger charge is -2.08. The van der Waals surface area contributed by atoms with E-state index in [1.165, 1.54) is 0 Å². The van der Waals surface area contributed by atoms with E-state index in [0.29, 0.717) is 23.5 Å². The van der Waals surface area contributed by atoms with Gasteiger partial charge in [-0.3, -0.25) is 5.10 Å². The van der Waals surface area contributed by atoms with Crippen LogP contribution in [-0.4, -0.2) is 20.2 Å². The Hall–Kier alpha value is -2.11. The Morgan fingerprint density at radius 1 is 1.33 bits per heavy atom. The average molecular weight is 245 g/mol. The van der Waals surface area contributed by atoms with E-state index < -0.39 is 0 Å². The maximum Gasteiger partial charge on any atom is 0.240 e. The Labute approximate surface area is 105 Å². The van der Waals surface area contributed by atoms with Gasteiger partial charge in [0.15, 0.2) is 0 Å². The van der Waals surface area contributed by atoms with Gasteiger partial charge in [0.2, 0.25) is 11.8 Å². The van der Waals surface area contributed by atoms with Crippen molar-refractivity contribution in [1.29, 1.82) is 0 Å². The highest BCUT2D eigenvalue weighted by molar-refractivity contribution is 5.46. The van der Waals surface area contributed by atoms with E-state index in [0.717, 1.165) is 29.9 Å². The third-order valence-electron chi connectivity index (χ3n) is 2.98. The van der Waals surface area contributed by atoms with Gasteiger partial charge in [0.1, 0.15) is 11.6 Å². The molecule has 0 amide bonds. The summed E-state index contributed by atoms with van der Waals surface area (Å²) in [4.78, 5) is 8.73. The van der Waals surface area contributed by atoms with Crippen LogP contribution < -0.4 is 10.5 Å². The van der Waals surface area contributed by atoms with Crippen molar-refractivity contribution in [2.75, 3.05) is 5.73 Å². The van der Waals surface area contributed by atoms with E-state index in [2.05, 4.69) is 20.2 Å². The number of rotatable bonds is 3. The molecule has 6 heteroatoms. The van der Waals surface area contributed by atoms with E-state index in [4.69, 9.17) is 10.5 Å². The van der Waals surface area contributed by atoms with E-state index in [9.17, 15) is 0 Å². The van der Waals surface area contributed by atoms with Gasteiger partial charge in [0, 0.05) is 17.7 Å². The number of ether oxygens (including phenoxy) is 1. The molecule has 94 valence electrons. The monoisotopic (exact) mass is 245 g/mol. The van der Waals surface area contributed by atoms with Crippen molar-refractivity contribution in [3.8, 4) is 11.8 Å². The fourth-order valence-corrected chi connectivity index (χ4v) is 1.70. The zero-order chi connectivity index (χ0) is 12.7. The standard InChI is InChI=1S/C12H15N5O/c1-6-5-9(17-16-6)18-12-7(2)10(13)14-11(15-12)8-3-4-8/h5,8H,3-4H2,1-2H3,(H,16,17)(H2,13,14,15). The number of nitrogens with one attached hydrogen (secondary N) is 1. The maximum absolute atomic E-state index is 5.89. The molecule has 0 aliphatic heterocycles. The van der Waals surface area contributed by atoms with Gasteiger partial charge in [-0.15, -0.1) is 5.10 Å². The Morgan fingerprint density at radius 3 is 2.72 bits per heavy atom. The molecular weight excluding hydrogens is 230 g/mol. The van der Waals surface area contributed by atoms with Crippen LogP contribution in [0.15, 0.2) is 6.07 Å². The summed E-state index contributed by atoms with van der Waals surface area (Å²) in [5.41, 5.74) is 7.57. The summed E-state index contributed by atoms with van der Waals surface area (Å²) in [5.74, 6) is 2.69. The van der Waals surface area contributed by atoms with Crippen LogP contribution in [0.25, 0.3) is 0 Å². The third-order valence-corrected chi connectivity index (χ3v) is 2.98. The molecule has 0 bridgehead atoms. The summed E-state index contributed by atoms with van der Waals surface area (Å²) < 4.78 is 5.66. The fourth-order valence-electron chi connectivity index (χ4n) is 1.70. The molecule has 1 fully saturated rings. The largest absolute Gasteiger partial charge is 0.419 e. The second-order valence-electron chi connectivity index (χ2n) is 4.66. The van der Waals surface area contributed by atoms with Gasteiger partial charge in [0.05, 0.1) is 5.56 Å². The number of nitrogens with two attached hydrogens (primary N) is 1. The predicted molar refractivity (Wildman–Crippen MR) is 66.6 cm³/mol. The third kappa shape index (κ3) is 2.01. The van der Waals surface area contributed by atoms with Crippen LogP contribution in [0.4, 0.5) is 5.82 Å². The molecule has 0 radical (unpaired) electrons. The molecule has 0 spiro atoms. The molecule has 6 nitrogen and oxygen atoms in total. The highest BCUT2D eigenvalue weighted by Gasteiger charge is 2.28. The highest BCUT2D eigenvalue weighted by atomic mass is 16.5. The van der Waals surface area contributed by atoms with Gasteiger partial charge in [0.25, 0.3) is 0 Å². The quantitative estimate of drug-likeness (QED) is 0.863. The van der Waals surface area contributed by atoms with Crippen molar-refractivity contribution in [2.24, 2.45) is 0 Å². The molecular formula is C12H15N5O. The number of aromatic amines is 1. The zero-order valence-corrected chi connectivity index (χ0v) is 10.4. The lowest BCUT2D eigenvalue weighted by atomic mass is 10.3. The van der Waals surface area contributed by atoms with Crippen molar-refractivity contribution in [1.82, 2.24) is 20.2 Å². The summed E-state index contributed by atoms with van der Waals surface area (Å²) in [6.07, 6.45) is 2.26. The smallest absolute Gasteiger partial charge is 0.240 e. The van der Waals surface area contributed by atoms with Crippen molar-refractivity contribution in [3.05, 3.63) is 23.1 Å². The van der Waals surface area contributed by atoms with Crippen LogP contribution in [0.1, 0.15) is 35.8 Å². The minimum absolute atomic E-state index is 0.441. The Kier molecular flexibility index (Phi) is 2.43. The van der Waals surface area contributed by atoms with Gasteiger partial charge >= 0.3 is 0 Å². The minimum atomic E-state index is 0.441. The molecule has 3 rings (SSSR count). The van der Waals surface area contributed by atoms with Gasteiger partial charge in [-0.1, -0.05) is 0 Å². The van der Waals surface area contributed by atoms with E-state index in [1.807, 2.05) is 19.9 Å². The van der Waals surface area contributed by atoms with Crippen LogP contribution in [0, 0.1) is 13.8 Å². The van der Waals surface area contributed by atoms with Crippen molar-refractivity contribution in [2.45, 2.75) is 32.6 Å². The first-order valence-electron chi connectivity index (χ1n) is 5.97. The van der Waals surface area contributed by atoms with Crippen molar-refractivity contribution in [3.63, 3.8) is 0 Å². The lowest BCUT2D eigenvalue weighted by molar-refractivity contribution is 0.436. The first-order valence-corrected chi connectivity index (χ1v) is 5.97. The van der Waals surface area contributed by atoms with Gasteiger partial charge in [-0.2, -0.15) is 4.98 Å². The molecule has 1 saturated carbocycles. The second kappa shape index (κ2) is 3.97. The van der Waals surface area contributed by atoms with Gasteiger partial charge in [-0.05, 0) is 26.7 Å². The first kappa shape index (κ1) is 11.0. The molecule has 0 saturated heterocycles. The molecule has 1 aliphatic rings. The normalized spacial score (nSPS) is 14.8. The summed E-state index contributed by atoms with van der Waals surface area (Å²) >= 11 is 0. The van der Waals surface area contributed by atoms with E-state index in [1.54, 1.807) is 0 Å². The highest BCUT2D eigenvalue weighted by Crippen LogP contribution is 2.39. The predicted octanol–water partition coefficient (Wildman–Crippen LogP) is 2.07. The number of H-pyrrole nitrogens is 1. The van der Waals surface area contributed by atoms with E-state index in [-0.39, 0.29) is 0 Å². The van der Waals surface area contributed by atoms with Crippen molar-refractivity contribution < 1.29 is 4.74 Å². The van der Waals surface area contributed by atoms with E-state index >= 15 is 0 Å². The molecule has 2 aromatic rings. The Balaban J connectivity index is 1.94. The second-order valence-corrected chi connectivity index (χ2v) is 4.66. The zero-order valence-electron chi connectivity index (χ0n) is 10.4. The molecule has 0 atom stereocenters. The Bertz CT molecular complexity index is 588. The number of hydrogen-bond acceptors (Lipinski definition) is 5. The summed E-state index contributed by atoms with van der Waals surface area (Å²) in [6.45, 7) is 3.76. The summed E-state index contributed by atoms with van der Waals surface area (Å²) in [6, 6.07) is 1.81. The van der Waals surface area contributed by atoms with Crippen LogP contribution in [0.2, 0.25) is 0 Å². The topological polar surface area (TPSA) is 89.7 Å². The number of aromatic nitrogens is 4. The molecule has 1 aliphatic carbocycles. The maximum atomic E-state index is 5.89. The summed E-state index contributed by atoms with van der Waals surface area (Å²) in [7, 11) is 0. The molecule has 2 aromatic heterocycles. The van der Waals surface area contributed by atoms with Gasteiger partial charge in [-0.25, -0.2) is 4.98 Å². The lowest BCUT2D eigenvalue weighted by Crippen LogP contribution is -2.04. The molecule has 2 heterocycles. The van der Waals surface area contributed by atoms with Gasteiger partial charge < -0.3 is 10.5 Å². The SMILES string of the molecule is Cc1cc(Oc2nc(C3CC3)nc(N)c2C)n[nH]1. The Morgan fingerprint density at radius 2 is 2.11 bits per heavy atom. The number of nitrogens with zero attached hydrogens (tertiary/aromatic N) is 3. The van der Waals surface area contributed by atoms with Crippen LogP contribution in [-0.2, 0) is 0 Å². The molecule has 0 aromatic carbocycles. The average Bonchev–Trinajstić information content (AvgIpc) is 3.10. The van der Waals surface area contributed by atoms with Crippen LogP contribution in [0.3, 0.4) is 0 Å². The summed E-state index contributed by atoms with van der Waals surface area (Å²) in [5, 5.41) is 6.85. The number of anilines is 1. The van der Waals surface area contributed by atoms with Crippen LogP contribution >= 0.6 is 0 Å². The fraction of sp³-hybridized carbons (Fsp3) is 0.417. The van der Waals surface area contributed by atoms with Crippen molar-refractivity contribution >= 4 is 5.82 Å². The first-order chi connectivity index (χ1) is 8.63. The number of aryl methyl sites for hydroxylation is 1. The molecule has 3 N–H and O–H groups in total. The van der Waals surface area contributed by atoms with Crippen LogP contribution in [0.5, 0.6) is 11.8 Å². The molecule has 0 unspecified atom stereocenters. The minimum Gasteiger partial charge on any atom is -0.419 e. The molecule has 18 heavy (non-hydrogen) atoms.